The van der Waals surface area contributed by atoms with Crippen LogP contribution in [0.3, 0.4) is 0 Å². The number of amides is 2. The summed E-state index contributed by atoms with van der Waals surface area (Å²) in [7, 11) is 3.22. The molecule has 27 heavy (non-hydrogen) atoms. The minimum Gasteiger partial charge on any atom is -0.497 e. The SMILES string of the molecule is CCN1C(=O)CCC2(C(=O)NCc3cc(OC)ccc3OC)CCCC=C12. The largest absolute Gasteiger partial charge is 0.497 e. The number of ether oxygens (including phenoxy) is 2. The van der Waals surface area contributed by atoms with Crippen molar-refractivity contribution >= 4 is 11.8 Å². The molecule has 1 aliphatic carbocycles. The number of allylic oxidation sites excluding steroid dienone is 1. The summed E-state index contributed by atoms with van der Waals surface area (Å²) in [5, 5.41) is 3.09. The number of methoxy groups -OCH3 is 2. The predicted octanol–water partition coefficient (Wildman–Crippen LogP) is 3.02. The zero-order chi connectivity index (χ0) is 19.4. The van der Waals surface area contributed by atoms with Gasteiger partial charge in [-0.1, -0.05) is 6.08 Å². The first-order valence-electron chi connectivity index (χ1n) is 9.56. The van der Waals surface area contributed by atoms with Crippen LogP contribution < -0.4 is 14.8 Å². The summed E-state index contributed by atoms with van der Waals surface area (Å²) in [4.78, 5) is 27.4. The second-order valence-electron chi connectivity index (χ2n) is 7.06. The van der Waals surface area contributed by atoms with Gasteiger partial charge in [0.1, 0.15) is 11.5 Å². The van der Waals surface area contributed by atoms with Crippen LogP contribution in [0.25, 0.3) is 0 Å². The van der Waals surface area contributed by atoms with Crippen molar-refractivity contribution in [2.45, 2.75) is 45.6 Å². The molecule has 2 aliphatic rings. The summed E-state index contributed by atoms with van der Waals surface area (Å²) in [6, 6.07) is 5.54. The van der Waals surface area contributed by atoms with Gasteiger partial charge in [-0.3, -0.25) is 9.59 Å². The van der Waals surface area contributed by atoms with Crippen LogP contribution in [-0.4, -0.2) is 37.5 Å². The zero-order valence-electron chi connectivity index (χ0n) is 16.3. The Morgan fingerprint density at radius 3 is 2.78 bits per heavy atom. The standard InChI is InChI=1S/C21H28N2O4/c1-4-23-18-7-5-6-11-21(18,12-10-19(23)24)20(25)22-14-15-13-16(26-2)8-9-17(15)27-3/h7-9,13H,4-6,10-12,14H2,1-3H3,(H,22,25). The van der Waals surface area contributed by atoms with Crippen LogP contribution in [0.2, 0.25) is 0 Å². The van der Waals surface area contributed by atoms with Gasteiger partial charge in [0.15, 0.2) is 0 Å². The van der Waals surface area contributed by atoms with E-state index in [1.165, 1.54) is 0 Å². The molecule has 6 nitrogen and oxygen atoms in total. The van der Waals surface area contributed by atoms with Crippen molar-refractivity contribution in [1.82, 2.24) is 10.2 Å². The Morgan fingerprint density at radius 1 is 1.26 bits per heavy atom. The summed E-state index contributed by atoms with van der Waals surface area (Å²) >= 11 is 0. The second-order valence-corrected chi connectivity index (χ2v) is 7.06. The number of benzene rings is 1. The van der Waals surface area contributed by atoms with Crippen molar-refractivity contribution in [3.8, 4) is 11.5 Å². The highest BCUT2D eigenvalue weighted by Gasteiger charge is 2.49. The van der Waals surface area contributed by atoms with E-state index < -0.39 is 5.41 Å². The first-order valence-corrected chi connectivity index (χ1v) is 9.56. The number of hydrogen-bond donors (Lipinski definition) is 1. The molecular weight excluding hydrogens is 344 g/mol. The highest BCUT2D eigenvalue weighted by atomic mass is 16.5. The molecule has 1 aromatic rings. The molecule has 0 aromatic heterocycles. The molecule has 1 unspecified atom stereocenters. The van der Waals surface area contributed by atoms with E-state index in [2.05, 4.69) is 11.4 Å². The number of likely N-dealkylation sites (tertiary alicyclic amines) is 1. The number of fused-ring (bicyclic) bond motifs is 1. The number of rotatable bonds is 6. The van der Waals surface area contributed by atoms with Gasteiger partial charge in [0.2, 0.25) is 11.8 Å². The van der Waals surface area contributed by atoms with Gasteiger partial charge in [-0.2, -0.15) is 0 Å². The molecule has 1 N–H and O–H groups in total. The number of carbonyl (C=O) groups excluding carboxylic acids is 2. The molecular formula is C21H28N2O4. The van der Waals surface area contributed by atoms with Gasteiger partial charge in [0.25, 0.3) is 0 Å². The normalized spacial score (nSPS) is 22.0. The van der Waals surface area contributed by atoms with Gasteiger partial charge >= 0.3 is 0 Å². The van der Waals surface area contributed by atoms with E-state index in [4.69, 9.17) is 9.47 Å². The molecule has 0 bridgehead atoms. The van der Waals surface area contributed by atoms with Crippen molar-refractivity contribution in [2.24, 2.45) is 5.41 Å². The number of piperidine rings is 1. The summed E-state index contributed by atoms with van der Waals surface area (Å²) in [5.74, 6) is 1.53. The van der Waals surface area contributed by atoms with Gasteiger partial charge in [0, 0.05) is 30.8 Å². The smallest absolute Gasteiger partial charge is 0.232 e. The number of nitrogens with zero attached hydrogens (tertiary/aromatic N) is 1. The first kappa shape index (κ1) is 19.3. The van der Waals surface area contributed by atoms with Gasteiger partial charge in [0.05, 0.1) is 19.6 Å². The molecule has 1 fully saturated rings. The third-order valence-corrected chi connectivity index (χ3v) is 5.67. The monoisotopic (exact) mass is 372 g/mol. The molecule has 1 aromatic carbocycles. The van der Waals surface area contributed by atoms with E-state index in [9.17, 15) is 9.59 Å². The van der Waals surface area contributed by atoms with E-state index >= 15 is 0 Å². The molecule has 0 saturated carbocycles. The summed E-state index contributed by atoms with van der Waals surface area (Å²) in [6.45, 7) is 2.92. The summed E-state index contributed by atoms with van der Waals surface area (Å²) in [5.41, 5.74) is 1.15. The predicted molar refractivity (Wildman–Crippen MR) is 102 cm³/mol. The highest BCUT2D eigenvalue weighted by Crippen LogP contribution is 2.46. The molecule has 0 radical (unpaired) electrons. The first-order chi connectivity index (χ1) is 13.1. The van der Waals surface area contributed by atoms with E-state index in [1.54, 1.807) is 19.1 Å². The molecule has 1 atom stereocenters. The third-order valence-electron chi connectivity index (χ3n) is 5.67. The highest BCUT2D eigenvalue weighted by molar-refractivity contribution is 5.91. The number of carbonyl (C=O) groups is 2. The topological polar surface area (TPSA) is 67.9 Å². The fourth-order valence-electron chi connectivity index (χ4n) is 4.23. The lowest BCUT2D eigenvalue weighted by Gasteiger charge is -2.45. The summed E-state index contributed by atoms with van der Waals surface area (Å²) in [6.07, 6.45) is 5.73. The molecule has 1 heterocycles. The maximum Gasteiger partial charge on any atom is 0.232 e. The molecule has 3 rings (SSSR count). The number of nitrogens with one attached hydrogen (secondary N) is 1. The number of hydrogen-bond acceptors (Lipinski definition) is 4. The average Bonchev–Trinajstić information content (AvgIpc) is 2.71. The van der Waals surface area contributed by atoms with Gasteiger partial charge in [-0.15, -0.1) is 0 Å². The van der Waals surface area contributed by atoms with Crippen molar-refractivity contribution in [2.75, 3.05) is 20.8 Å². The lowest BCUT2D eigenvalue weighted by atomic mass is 9.69. The van der Waals surface area contributed by atoms with Gasteiger partial charge in [-0.05, 0) is 50.8 Å². The quantitative estimate of drug-likeness (QED) is 0.833. The Morgan fingerprint density at radius 2 is 2.07 bits per heavy atom. The van der Waals surface area contributed by atoms with E-state index in [0.717, 1.165) is 36.3 Å². The molecule has 2 amide bonds. The molecule has 1 aliphatic heterocycles. The maximum absolute atomic E-state index is 13.3. The van der Waals surface area contributed by atoms with Crippen molar-refractivity contribution in [3.05, 3.63) is 35.5 Å². The maximum atomic E-state index is 13.3. The third kappa shape index (κ3) is 3.53. The Bertz CT molecular complexity index is 759. The summed E-state index contributed by atoms with van der Waals surface area (Å²) < 4.78 is 10.7. The average molecular weight is 372 g/mol. The van der Waals surface area contributed by atoms with E-state index in [0.29, 0.717) is 31.7 Å². The van der Waals surface area contributed by atoms with Crippen LogP contribution in [-0.2, 0) is 16.1 Å². The Balaban J connectivity index is 1.82. The van der Waals surface area contributed by atoms with Crippen LogP contribution in [0.15, 0.2) is 30.0 Å². The van der Waals surface area contributed by atoms with Crippen molar-refractivity contribution < 1.29 is 19.1 Å². The minimum atomic E-state index is -0.603. The van der Waals surface area contributed by atoms with E-state index in [1.807, 2.05) is 25.1 Å². The minimum absolute atomic E-state index is 0.00993. The Labute approximate surface area is 160 Å². The molecule has 6 heteroatoms. The van der Waals surface area contributed by atoms with Crippen LogP contribution in [0.5, 0.6) is 11.5 Å². The van der Waals surface area contributed by atoms with Gasteiger partial charge < -0.3 is 19.7 Å². The Hall–Kier alpha value is -2.50. The van der Waals surface area contributed by atoms with Crippen LogP contribution >= 0.6 is 0 Å². The fourth-order valence-corrected chi connectivity index (χ4v) is 4.23. The van der Waals surface area contributed by atoms with Crippen molar-refractivity contribution in [1.29, 1.82) is 0 Å². The van der Waals surface area contributed by atoms with E-state index in [-0.39, 0.29) is 11.8 Å². The lowest BCUT2D eigenvalue weighted by Crippen LogP contribution is -2.52. The lowest BCUT2D eigenvalue weighted by molar-refractivity contribution is -0.140. The Kier molecular flexibility index (Phi) is 5.73. The second kappa shape index (κ2) is 8.03. The van der Waals surface area contributed by atoms with Crippen LogP contribution in [0.4, 0.5) is 0 Å². The van der Waals surface area contributed by atoms with Crippen LogP contribution in [0.1, 0.15) is 44.6 Å². The van der Waals surface area contributed by atoms with Crippen molar-refractivity contribution in [3.63, 3.8) is 0 Å². The van der Waals surface area contributed by atoms with Gasteiger partial charge in [-0.25, -0.2) is 0 Å². The zero-order valence-corrected chi connectivity index (χ0v) is 16.3. The van der Waals surface area contributed by atoms with Crippen LogP contribution in [0, 0.1) is 5.41 Å². The molecule has 1 saturated heterocycles. The fraction of sp³-hybridized carbons (Fsp3) is 0.524. The molecule has 0 spiro atoms. The molecule has 146 valence electrons.